The molecule has 0 saturated carbocycles. The SMILES string of the molecule is CC(=O)OC[C@H]1O[C@@H](SC2=N/C(=C\c3ccccn3)C(=O)N2C)[C@H](OC(C)=O)[C@@H](OC(C)=O)[C@H]1OC(C)=O. The van der Waals surface area contributed by atoms with E-state index in [1.807, 2.05) is 0 Å². The highest BCUT2D eigenvalue weighted by Crippen LogP contribution is 2.37. The average Bonchev–Trinajstić information content (AvgIpc) is 3.09. The first-order valence-corrected chi connectivity index (χ1v) is 12.3. The number of rotatable bonds is 7. The monoisotopic (exact) mass is 549 g/mol. The fraction of sp³-hybridized carbons (Fsp3) is 0.458. The van der Waals surface area contributed by atoms with Gasteiger partial charge in [0.15, 0.2) is 28.9 Å². The van der Waals surface area contributed by atoms with Gasteiger partial charge in [0, 0.05) is 40.9 Å². The summed E-state index contributed by atoms with van der Waals surface area (Å²) < 4.78 is 27.4. The Bertz CT molecular complexity index is 1160. The molecule has 2 aliphatic heterocycles. The number of likely N-dealkylation sites (N-methyl/N-ethyl adjacent to an activating group) is 1. The lowest BCUT2D eigenvalue weighted by Crippen LogP contribution is -2.61. The van der Waals surface area contributed by atoms with Crippen LogP contribution in [-0.4, -0.2) is 88.3 Å². The lowest BCUT2D eigenvalue weighted by atomic mass is 9.99. The normalized spacial score (nSPS) is 26.0. The molecule has 0 aliphatic carbocycles. The summed E-state index contributed by atoms with van der Waals surface area (Å²) in [6.07, 6.45) is -1.90. The number of thioether (sulfide) groups is 1. The second-order valence-corrected chi connectivity index (χ2v) is 9.29. The number of carbonyl (C=O) groups is 5. The fourth-order valence-corrected chi connectivity index (χ4v) is 4.82. The molecule has 1 amide bonds. The van der Waals surface area contributed by atoms with Crippen LogP contribution in [-0.2, 0) is 47.7 Å². The lowest BCUT2D eigenvalue weighted by Gasteiger charge is -2.44. The van der Waals surface area contributed by atoms with E-state index in [-0.39, 0.29) is 17.5 Å². The standard InChI is InChI=1S/C24H27N3O10S/c1-12(28)33-11-18-19(34-13(2)29)20(35-14(3)30)21(36-15(4)31)23(37-18)38-24-26-17(22(32)27(24)5)10-16-8-6-7-9-25-16/h6-10,18-21,23H,11H2,1-5H3/b17-10-/t18-,19+,20+,21-,23+/m1/s1. The van der Waals surface area contributed by atoms with Crippen molar-refractivity contribution in [1.82, 2.24) is 9.88 Å². The van der Waals surface area contributed by atoms with Crippen LogP contribution in [0.3, 0.4) is 0 Å². The third-order valence-electron chi connectivity index (χ3n) is 5.17. The molecule has 0 N–H and O–H groups in total. The number of aromatic nitrogens is 1. The van der Waals surface area contributed by atoms with Crippen molar-refractivity contribution in [3.05, 3.63) is 35.8 Å². The molecular formula is C24H27N3O10S. The smallest absolute Gasteiger partial charge is 0.303 e. The van der Waals surface area contributed by atoms with Gasteiger partial charge in [0.1, 0.15) is 18.4 Å². The van der Waals surface area contributed by atoms with Gasteiger partial charge in [0.05, 0.1) is 5.69 Å². The minimum Gasteiger partial charge on any atom is -0.463 e. The van der Waals surface area contributed by atoms with Crippen molar-refractivity contribution in [2.75, 3.05) is 13.7 Å². The Morgan fingerprint density at radius 1 is 0.974 bits per heavy atom. The van der Waals surface area contributed by atoms with Crippen molar-refractivity contribution >= 4 is 52.8 Å². The van der Waals surface area contributed by atoms with Crippen molar-refractivity contribution < 1.29 is 47.7 Å². The molecule has 2 aliphatic rings. The molecule has 1 aromatic rings. The van der Waals surface area contributed by atoms with Crippen molar-refractivity contribution in [1.29, 1.82) is 0 Å². The maximum absolute atomic E-state index is 12.8. The van der Waals surface area contributed by atoms with E-state index in [4.69, 9.17) is 23.7 Å². The van der Waals surface area contributed by atoms with E-state index in [1.165, 1.54) is 24.9 Å². The topological polar surface area (TPSA) is 160 Å². The van der Waals surface area contributed by atoms with Crippen LogP contribution in [0.2, 0.25) is 0 Å². The van der Waals surface area contributed by atoms with Gasteiger partial charge in [-0.05, 0) is 18.2 Å². The van der Waals surface area contributed by atoms with E-state index >= 15 is 0 Å². The second-order valence-electron chi connectivity index (χ2n) is 8.23. The van der Waals surface area contributed by atoms with Gasteiger partial charge in [-0.3, -0.25) is 33.9 Å². The van der Waals surface area contributed by atoms with Crippen LogP contribution in [0.15, 0.2) is 35.1 Å². The number of esters is 4. The molecular weight excluding hydrogens is 522 g/mol. The molecule has 38 heavy (non-hydrogen) atoms. The van der Waals surface area contributed by atoms with Gasteiger partial charge in [0.25, 0.3) is 5.91 Å². The van der Waals surface area contributed by atoms with Crippen molar-refractivity contribution in [2.45, 2.75) is 57.5 Å². The summed E-state index contributed by atoms with van der Waals surface area (Å²) in [5, 5.41) is 0.193. The van der Waals surface area contributed by atoms with E-state index in [0.29, 0.717) is 5.69 Å². The Balaban J connectivity index is 1.98. The number of carbonyl (C=O) groups excluding carboxylic acids is 5. The first-order valence-electron chi connectivity index (χ1n) is 11.4. The number of pyridine rings is 1. The Morgan fingerprint density at radius 2 is 1.61 bits per heavy atom. The molecule has 204 valence electrons. The number of hydrogen-bond acceptors (Lipinski definition) is 13. The molecule has 0 aromatic carbocycles. The number of amidine groups is 1. The summed E-state index contributed by atoms with van der Waals surface area (Å²) in [6, 6.07) is 5.21. The molecule has 0 bridgehead atoms. The van der Waals surface area contributed by atoms with Crippen LogP contribution in [0.1, 0.15) is 33.4 Å². The molecule has 1 saturated heterocycles. The van der Waals surface area contributed by atoms with Crippen LogP contribution in [0.25, 0.3) is 6.08 Å². The highest BCUT2D eigenvalue weighted by Gasteiger charge is 2.53. The van der Waals surface area contributed by atoms with Gasteiger partial charge < -0.3 is 23.7 Å². The summed E-state index contributed by atoms with van der Waals surface area (Å²) in [5.74, 6) is -3.24. The number of hydrogen-bond donors (Lipinski definition) is 0. The quantitative estimate of drug-likeness (QED) is 0.271. The molecule has 5 atom stereocenters. The summed E-state index contributed by atoms with van der Waals surface area (Å²) in [7, 11) is 1.50. The number of ether oxygens (including phenoxy) is 5. The zero-order valence-corrected chi connectivity index (χ0v) is 22.1. The summed E-state index contributed by atoms with van der Waals surface area (Å²) in [4.78, 5) is 70.0. The van der Waals surface area contributed by atoms with E-state index in [1.54, 1.807) is 24.4 Å². The fourth-order valence-electron chi connectivity index (χ4n) is 3.67. The first-order chi connectivity index (χ1) is 18.0. The number of amides is 1. The van der Waals surface area contributed by atoms with Crippen LogP contribution in [0.5, 0.6) is 0 Å². The van der Waals surface area contributed by atoms with E-state index in [2.05, 4.69) is 9.98 Å². The highest BCUT2D eigenvalue weighted by molar-refractivity contribution is 8.14. The van der Waals surface area contributed by atoms with Gasteiger partial charge in [-0.1, -0.05) is 17.8 Å². The molecule has 0 spiro atoms. The van der Waals surface area contributed by atoms with Crippen LogP contribution in [0.4, 0.5) is 0 Å². The van der Waals surface area contributed by atoms with Crippen molar-refractivity contribution in [3.63, 3.8) is 0 Å². The first kappa shape index (κ1) is 28.8. The Labute approximate surface area is 222 Å². The molecule has 3 heterocycles. The number of nitrogens with zero attached hydrogens (tertiary/aromatic N) is 3. The lowest BCUT2D eigenvalue weighted by molar-refractivity contribution is -0.237. The molecule has 3 rings (SSSR count). The molecule has 0 unspecified atom stereocenters. The Morgan fingerprint density at radius 3 is 2.18 bits per heavy atom. The largest absolute Gasteiger partial charge is 0.463 e. The zero-order chi connectivity index (χ0) is 28.0. The van der Waals surface area contributed by atoms with E-state index < -0.39 is 59.6 Å². The second kappa shape index (κ2) is 12.6. The van der Waals surface area contributed by atoms with Crippen molar-refractivity contribution in [3.8, 4) is 0 Å². The summed E-state index contributed by atoms with van der Waals surface area (Å²) >= 11 is 0.916. The van der Waals surface area contributed by atoms with Crippen LogP contribution >= 0.6 is 11.8 Å². The molecule has 14 heteroatoms. The van der Waals surface area contributed by atoms with Gasteiger partial charge in [-0.15, -0.1) is 0 Å². The minimum atomic E-state index is -1.32. The van der Waals surface area contributed by atoms with Crippen molar-refractivity contribution in [2.24, 2.45) is 4.99 Å². The average molecular weight is 550 g/mol. The maximum Gasteiger partial charge on any atom is 0.303 e. The molecule has 1 aromatic heterocycles. The third-order valence-corrected chi connectivity index (χ3v) is 6.36. The summed E-state index contributed by atoms with van der Waals surface area (Å²) in [5.41, 5.74) is -0.482. The van der Waals surface area contributed by atoms with Crippen LogP contribution < -0.4 is 0 Å². The minimum absolute atomic E-state index is 0.110. The number of aliphatic imine (C=N–C) groups is 1. The van der Waals surface area contributed by atoms with Gasteiger partial charge in [-0.2, -0.15) is 0 Å². The zero-order valence-electron chi connectivity index (χ0n) is 21.3. The predicted molar refractivity (Wildman–Crippen MR) is 132 cm³/mol. The molecule has 1 fully saturated rings. The molecule has 13 nitrogen and oxygen atoms in total. The third kappa shape index (κ3) is 7.38. The Hall–Kier alpha value is -3.78. The maximum atomic E-state index is 12.8. The van der Waals surface area contributed by atoms with Gasteiger partial charge in [0.2, 0.25) is 0 Å². The highest BCUT2D eigenvalue weighted by atomic mass is 32.2. The van der Waals surface area contributed by atoms with Gasteiger partial charge >= 0.3 is 23.9 Å². The molecule has 0 radical (unpaired) electrons. The predicted octanol–water partition coefficient (Wildman–Crippen LogP) is 1.07. The van der Waals surface area contributed by atoms with Gasteiger partial charge in [-0.25, -0.2) is 4.99 Å². The van der Waals surface area contributed by atoms with E-state index in [9.17, 15) is 24.0 Å². The van der Waals surface area contributed by atoms with Crippen LogP contribution in [0, 0.1) is 0 Å². The van der Waals surface area contributed by atoms with E-state index in [0.717, 1.165) is 32.5 Å². The Kier molecular flexibility index (Phi) is 9.58. The summed E-state index contributed by atoms with van der Waals surface area (Å²) in [6.45, 7) is 4.25.